The fourth-order valence-electron chi connectivity index (χ4n) is 1.91. The summed E-state index contributed by atoms with van der Waals surface area (Å²) in [5, 5.41) is 0. The van der Waals surface area contributed by atoms with Gasteiger partial charge in [0.1, 0.15) is 18.1 Å². The van der Waals surface area contributed by atoms with Crippen molar-refractivity contribution in [2.24, 2.45) is 0 Å². The van der Waals surface area contributed by atoms with Gasteiger partial charge in [0.25, 0.3) is 0 Å². The molecular formula is C19H18O3. The van der Waals surface area contributed by atoms with Gasteiger partial charge in [-0.05, 0) is 35.9 Å². The van der Waals surface area contributed by atoms with Gasteiger partial charge in [0.05, 0.1) is 7.11 Å². The summed E-state index contributed by atoms with van der Waals surface area (Å²) >= 11 is 0. The number of hydrogen-bond acceptors (Lipinski definition) is 3. The Bertz CT molecular complexity index is 687. The third-order valence-corrected chi connectivity index (χ3v) is 3.01. The van der Waals surface area contributed by atoms with E-state index >= 15 is 0 Å². The maximum Gasteiger partial charge on any atom is 0.185 e. The molecule has 0 amide bonds. The molecular weight excluding hydrogens is 276 g/mol. The highest BCUT2D eigenvalue weighted by atomic mass is 16.5. The first-order chi connectivity index (χ1) is 10.7. The van der Waals surface area contributed by atoms with Crippen LogP contribution >= 0.6 is 0 Å². The molecule has 0 saturated carbocycles. The molecule has 0 atom stereocenters. The Labute approximate surface area is 130 Å². The largest absolute Gasteiger partial charge is 0.497 e. The summed E-state index contributed by atoms with van der Waals surface area (Å²) in [6, 6.07) is 14.6. The lowest BCUT2D eigenvalue weighted by Crippen LogP contribution is -1.95. The molecule has 0 aliphatic carbocycles. The molecule has 0 aliphatic heterocycles. The van der Waals surface area contributed by atoms with Crippen molar-refractivity contribution in [3.8, 4) is 11.5 Å². The van der Waals surface area contributed by atoms with E-state index < -0.39 is 0 Å². The van der Waals surface area contributed by atoms with Gasteiger partial charge in [-0.15, -0.1) is 0 Å². The van der Waals surface area contributed by atoms with Crippen LogP contribution in [-0.2, 0) is 0 Å². The van der Waals surface area contributed by atoms with Gasteiger partial charge >= 0.3 is 0 Å². The van der Waals surface area contributed by atoms with Crippen molar-refractivity contribution in [1.29, 1.82) is 0 Å². The van der Waals surface area contributed by atoms with Crippen LogP contribution in [0, 0.1) is 0 Å². The van der Waals surface area contributed by atoms with Gasteiger partial charge in [0, 0.05) is 5.56 Å². The Morgan fingerprint density at radius 1 is 1.14 bits per heavy atom. The summed E-state index contributed by atoms with van der Waals surface area (Å²) in [5.74, 6) is 1.34. The molecule has 0 aromatic heterocycles. The van der Waals surface area contributed by atoms with E-state index in [1.54, 1.807) is 49.6 Å². The Hall–Kier alpha value is -2.81. The lowest BCUT2D eigenvalue weighted by molar-refractivity contribution is 0.104. The molecule has 0 unspecified atom stereocenters. The second kappa shape index (κ2) is 7.84. The van der Waals surface area contributed by atoms with E-state index in [0.717, 1.165) is 11.3 Å². The average Bonchev–Trinajstić information content (AvgIpc) is 2.58. The van der Waals surface area contributed by atoms with Gasteiger partial charge in [-0.2, -0.15) is 0 Å². The summed E-state index contributed by atoms with van der Waals surface area (Å²) in [4.78, 5) is 12.2. The number of benzene rings is 2. The van der Waals surface area contributed by atoms with Crippen LogP contribution in [0.3, 0.4) is 0 Å². The van der Waals surface area contributed by atoms with E-state index in [9.17, 15) is 4.79 Å². The van der Waals surface area contributed by atoms with Gasteiger partial charge < -0.3 is 9.47 Å². The number of ketones is 1. The maximum atomic E-state index is 12.2. The molecule has 22 heavy (non-hydrogen) atoms. The molecule has 0 fully saturated rings. The van der Waals surface area contributed by atoms with E-state index in [0.29, 0.717) is 17.9 Å². The number of methoxy groups -OCH3 is 1. The zero-order chi connectivity index (χ0) is 15.8. The molecule has 0 N–H and O–H groups in total. The number of carbonyl (C=O) groups excluding carboxylic acids is 1. The molecule has 2 aromatic carbocycles. The third-order valence-electron chi connectivity index (χ3n) is 3.01. The highest BCUT2D eigenvalue weighted by Gasteiger charge is 2.03. The lowest BCUT2D eigenvalue weighted by Gasteiger charge is -2.03. The van der Waals surface area contributed by atoms with Crippen molar-refractivity contribution in [1.82, 2.24) is 0 Å². The van der Waals surface area contributed by atoms with Crippen LogP contribution in [0.25, 0.3) is 6.08 Å². The van der Waals surface area contributed by atoms with E-state index in [1.165, 1.54) is 0 Å². The fraction of sp³-hybridized carbons (Fsp3) is 0.105. The quantitative estimate of drug-likeness (QED) is 0.437. The minimum atomic E-state index is -0.0729. The second-order valence-corrected chi connectivity index (χ2v) is 4.60. The van der Waals surface area contributed by atoms with Gasteiger partial charge in [0.15, 0.2) is 5.78 Å². The number of hydrogen-bond donors (Lipinski definition) is 0. The van der Waals surface area contributed by atoms with E-state index in [-0.39, 0.29) is 5.78 Å². The zero-order valence-electron chi connectivity index (χ0n) is 12.5. The predicted octanol–water partition coefficient (Wildman–Crippen LogP) is 4.16. The highest BCUT2D eigenvalue weighted by molar-refractivity contribution is 6.07. The maximum absolute atomic E-state index is 12.2. The predicted molar refractivity (Wildman–Crippen MR) is 88.5 cm³/mol. The van der Waals surface area contributed by atoms with E-state index in [4.69, 9.17) is 9.47 Å². The van der Waals surface area contributed by atoms with Crippen molar-refractivity contribution in [2.75, 3.05) is 13.7 Å². The molecule has 112 valence electrons. The van der Waals surface area contributed by atoms with Gasteiger partial charge in [0.2, 0.25) is 0 Å². The summed E-state index contributed by atoms with van der Waals surface area (Å²) in [5.41, 5.74) is 1.49. The molecule has 0 heterocycles. The molecule has 0 saturated heterocycles. The number of carbonyl (C=O) groups is 1. The highest BCUT2D eigenvalue weighted by Crippen LogP contribution is 2.16. The van der Waals surface area contributed by atoms with Crippen molar-refractivity contribution in [3.05, 3.63) is 78.4 Å². The summed E-state index contributed by atoms with van der Waals surface area (Å²) in [7, 11) is 1.58. The average molecular weight is 294 g/mol. The fourth-order valence-corrected chi connectivity index (χ4v) is 1.91. The van der Waals surface area contributed by atoms with Crippen molar-refractivity contribution in [3.63, 3.8) is 0 Å². The molecule has 0 spiro atoms. The molecule has 3 nitrogen and oxygen atoms in total. The molecule has 2 aromatic rings. The molecule has 0 bridgehead atoms. The Morgan fingerprint density at radius 3 is 2.68 bits per heavy atom. The first kappa shape index (κ1) is 15.6. The Balaban J connectivity index is 2.10. The zero-order valence-corrected chi connectivity index (χ0v) is 12.5. The SMILES string of the molecule is C=CCOc1cccc(/C=C/C(=O)c2cccc(OC)c2)c1. The van der Waals surface area contributed by atoms with Crippen LogP contribution in [0.15, 0.2) is 67.3 Å². The first-order valence-corrected chi connectivity index (χ1v) is 6.93. The molecule has 2 rings (SSSR count). The minimum absolute atomic E-state index is 0.0729. The summed E-state index contributed by atoms with van der Waals surface area (Å²) in [6.45, 7) is 4.07. The van der Waals surface area contributed by atoms with Crippen molar-refractivity contribution in [2.45, 2.75) is 0 Å². The Kier molecular flexibility index (Phi) is 5.55. The van der Waals surface area contributed by atoms with E-state index in [1.807, 2.05) is 24.3 Å². The molecule has 0 radical (unpaired) electrons. The van der Waals surface area contributed by atoms with Crippen LogP contribution in [0.5, 0.6) is 11.5 Å². The van der Waals surface area contributed by atoms with Gasteiger partial charge in [-0.1, -0.05) is 43.0 Å². The van der Waals surface area contributed by atoms with Crippen LogP contribution < -0.4 is 9.47 Å². The number of allylic oxidation sites excluding steroid dienone is 1. The summed E-state index contributed by atoms with van der Waals surface area (Å²) < 4.78 is 10.6. The topological polar surface area (TPSA) is 35.5 Å². The standard InChI is InChI=1S/C19H18O3/c1-3-12-22-18-9-4-6-15(13-18)10-11-19(20)16-7-5-8-17(14-16)21-2/h3-11,13-14H,1,12H2,2H3/b11-10+. The third kappa shape index (κ3) is 4.35. The molecule has 0 aliphatic rings. The minimum Gasteiger partial charge on any atom is -0.497 e. The summed E-state index contributed by atoms with van der Waals surface area (Å²) in [6.07, 6.45) is 5.00. The lowest BCUT2D eigenvalue weighted by atomic mass is 10.1. The van der Waals surface area contributed by atoms with Crippen LogP contribution in [0.4, 0.5) is 0 Å². The van der Waals surface area contributed by atoms with Crippen LogP contribution in [-0.4, -0.2) is 19.5 Å². The van der Waals surface area contributed by atoms with E-state index in [2.05, 4.69) is 6.58 Å². The first-order valence-electron chi connectivity index (χ1n) is 6.93. The monoisotopic (exact) mass is 294 g/mol. The Morgan fingerprint density at radius 2 is 1.91 bits per heavy atom. The molecule has 3 heteroatoms. The van der Waals surface area contributed by atoms with Crippen LogP contribution in [0.1, 0.15) is 15.9 Å². The van der Waals surface area contributed by atoms with Gasteiger partial charge in [-0.25, -0.2) is 0 Å². The van der Waals surface area contributed by atoms with Gasteiger partial charge in [-0.3, -0.25) is 4.79 Å². The number of ether oxygens (including phenoxy) is 2. The normalized spacial score (nSPS) is 10.4. The second-order valence-electron chi connectivity index (χ2n) is 4.60. The number of rotatable bonds is 7. The smallest absolute Gasteiger partial charge is 0.185 e. The van der Waals surface area contributed by atoms with Crippen molar-refractivity contribution >= 4 is 11.9 Å². The van der Waals surface area contributed by atoms with Crippen LogP contribution in [0.2, 0.25) is 0 Å². The van der Waals surface area contributed by atoms with Crippen molar-refractivity contribution < 1.29 is 14.3 Å².